The van der Waals surface area contributed by atoms with Gasteiger partial charge < -0.3 is 24.3 Å². The molecule has 0 spiro atoms. The third-order valence-electron chi connectivity index (χ3n) is 4.30. The molecule has 0 fully saturated rings. The second-order valence-electron chi connectivity index (χ2n) is 6.44. The summed E-state index contributed by atoms with van der Waals surface area (Å²) in [6.07, 6.45) is -3.74. The summed E-state index contributed by atoms with van der Waals surface area (Å²) in [5, 5.41) is 10.7. The molecule has 1 aromatic heterocycles. The SMILES string of the molecule is O=[N+]([O-])c1cn2c(n1)OC(COc1ccc(-c3ccc(OC(F)(F)F)cc3)cc1)C2. The van der Waals surface area contributed by atoms with Crippen molar-refractivity contribution in [2.24, 2.45) is 0 Å². The standard InChI is InChI=1S/C19H14F3N3O5/c20-19(21,22)30-15-7-3-13(4-8-15)12-1-5-14(6-2-12)28-11-16-9-24-10-17(25(26)27)23-18(24)29-16/h1-8,10,16H,9,11H2. The molecule has 0 radical (unpaired) electrons. The van der Waals surface area contributed by atoms with E-state index in [1.54, 1.807) is 28.8 Å². The van der Waals surface area contributed by atoms with Gasteiger partial charge >= 0.3 is 18.2 Å². The van der Waals surface area contributed by atoms with Gasteiger partial charge in [-0.25, -0.2) is 0 Å². The zero-order valence-corrected chi connectivity index (χ0v) is 15.2. The monoisotopic (exact) mass is 421 g/mol. The summed E-state index contributed by atoms with van der Waals surface area (Å²) in [7, 11) is 0. The van der Waals surface area contributed by atoms with Crippen LogP contribution in [0.25, 0.3) is 11.1 Å². The molecule has 1 aliphatic heterocycles. The Balaban J connectivity index is 1.32. The number of hydrogen-bond donors (Lipinski definition) is 0. The van der Waals surface area contributed by atoms with Crippen LogP contribution in [0.2, 0.25) is 0 Å². The van der Waals surface area contributed by atoms with Gasteiger partial charge in [-0.3, -0.25) is 4.57 Å². The highest BCUT2D eigenvalue weighted by Gasteiger charge is 2.32. The summed E-state index contributed by atoms with van der Waals surface area (Å²) < 4.78 is 53.3. The molecule has 3 aromatic rings. The first-order valence-electron chi connectivity index (χ1n) is 8.74. The van der Waals surface area contributed by atoms with Crippen LogP contribution >= 0.6 is 0 Å². The lowest BCUT2D eigenvalue weighted by atomic mass is 10.1. The number of halogens is 3. The van der Waals surface area contributed by atoms with Crippen LogP contribution in [-0.4, -0.2) is 33.5 Å². The second-order valence-corrected chi connectivity index (χ2v) is 6.44. The van der Waals surface area contributed by atoms with Crippen molar-refractivity contribution in [2.75, 3.05) is 6.61 Å². The molecule has 0 saturated carbocycles. The number of fused-ring (bicyclic) bond motifs is 1. The topological polar surface area (TPSA) is 88.7 Å². The van der Waals surface area contributed by atoms with Gasteiger partial charge in [-0.15, -0.1) is 13.2 Å². The van der Waals surface area contributed by atoms with E-state index in [0.717, 1.165) is 11.1 Å². The maximum Gasteiger partial charge on any atom is 0.573 e. The van der Waals surface area contributed by atoms with Crippen LogP contribution in [0.15, 0.2) is 54.7 Å². The minimum atomic E-state index is -4.73. The van der Waals surface area contributed by atoms with Gasteiger partial charge in [0, 0.05) is 4.98 Å². The fourth-order valence-corrected chi connectivity index (χ4v) is 2.97. The van der Waals surface area contributed by atoms with Gasteiger partial charge in [0.1, 0.15) is 24.3 Å². The van der Waals surface area contributed by atoms with E-state index in [-0.39, 0.29) is 30.3 Å². The van der Waals surface area contributed by atoms with E-state index >= 15 is 0 Å². The van der Waals surface area contributed by atoms with E-state index in [4.69, 9.17) is 9.47 Å². The molecule has 0 N–H and O–H groups in total. The molecule has 1 aliphatic rings. The zero-order chi connectivity index (χ0) is 21.3. The minimum absolute atomic E-state index is 0.184. The van der Waals surface area contributed by atoms with Gasteiger partial charge in [0.05, 0.1) is 6.54 Å². The average Bonchev–Trinajstić information content (AvgIpc) is 3.25. The molecule has 2 aromatic carbocycles. The van der Waals surface area contributed by atoms with Gasteiger partial charge in [-0.05, 0) is 40.3 Å². The second kappa shape index (κ2) is 7.58. The number of nitrogens with zero attached hydrogens (tertiary/aromatic N) is 3. The first kappa shape index (κ1) is 19.6. The summed E-state index contributed by atoms with van der Waals surface area (Å²) >= 11 is 0. The van der Waals surface area contributed by atoms with E-state index < -0.39 is 11.3 Å². The third-order valence-corrected chi connectivity index (χ3v) is 4.30. The molecule has 11 heteroatoms. The van der Waals surface area contributed by atoms with Crippen LogP contribution < -0.4 is 14.2 Å². The molecule has 8 nitrogen and oxygen atoms in total. The Morgan fingerprint density at radius 2 is 1.70 bits per heavy atom. The third kappa shape index (κ3) is 4.45. The molecule has 156 valence electrons. The maximum absolute atomic E-state index is 12.2. The van der Waals surface area contributed by atoms with Gasteiger partial charge in [0.15, 0.2) is 6.10 Å². The van der Waals surface area contributed by atoms with Crippen molar-refractivity contribution in [1.82, 2.24) is 9.55 Å². The first-order valence-corrected chi connectivity index (χ1v) is 8.74. The summed E-state index contributed by atoms with van der Waals surface area (Å²) in [4.78, 5) is 13.9. The lowest BCUT2D eigenvalue weighted by Crippen LogP contribution is -2.23. The van der Waals surface area contributed by atoms with Crippen LogP contribution in [0.5, 0.6) is 17.5 Å². The van der Waals surface area contributed by atoms with Crippen LogP contribution in [0.3, 0.4) is 0 Å². The highest BCUT2D eigenvalue weighted by atomic mass is 19.4. The Kier molecular flexibility index (Phi) is 4.94. The number of imidazole rings is 1. The number of aromatic nitrogens is 2. The van der Waals surface area contributed by atoms with E-state index in [2.05, 4.69) is 9.72 Å². The number of benzene rings is 2. The predicted octanol–water partition coefficient (Wildman–Crippen LogP) is 4.20. The van der Waals surface area contributed by atoms with Gasteiger partial charge in [0.25, 0.3) is 0 Å². The molecule has 0 bridgehead atoms. The Hall–Kier alpha value is -3.76. The molecular formula is C19H14F3N3O5. The average molecular weight is 421 g/mol. The lowest BCUT2D eigenvalue weighted by Gasteiger charge is -2.12. The Morgan fingerprint density at radius 1 is 1.10 bits per heavy atom. The Bertz CT molecular complexity index is 1030. The maximum atomic E-state index is 12.2. The van der Waals surface area contributed by atoms with Crippen molar-refractivity contribution in [3.8, 4) is 28.6 Å². The molecule has 0 saturated heterocycles. The summed E-state index contributed by atoms with van der Waals surface area (Å²) in [5.41, 5.74) is 1.52. The molecule has 0 amide bonds. The Morgan fingerprint density at radius 3 is 2.23 bits per heavy atom. The fraction of sp³-hybridized carbons (Fsp3) is 0.211. The van der Waals surface area contributed by atoms with Crippen molar-refractivity contribution in [3.05, 3.63) is 64.8 Å². The van der Waals surface area contributed by atoms with Crippen molar-refractivity contribution < 1.29 is 32.3 Å². The predicted molar refractivity (Wildman–Crippen MR) is 97.4 cm³/mol. The lowest BCUT2D eigenvalue weighted by molar-refractivity contribution is -0.389. The summed E-state index contributed by atoms with van der Waals surface area (Å²) in [6, 6.07) is 12.8. The fourth-order valence-electron chi connectivity index (χ4n) is 2.97. The smallest absolute Gasteiger partial charge is 0.490 e. The van der Waals surface area contributed by atoms with Crippen LogP contribution in [-0.2, 0) is 6.54 Å². The highest BCUT2D eigenvalue weighted by Crippen LogP contribution is 2.28. The van der Waals surface area contributed by atoms with E-state index in [9.17, 15) is 23.3 Å². The van der Waals surface area contributed by atoms with Crippen LogP contribution in [0.4, 0.5) is 19.0 Å². The van der Waals surface area contributed by atoms with E-state index in [0.29, 0.717) is 12.3 Å². The van der Waals surface area contributed by atoms with Gasteiger partial charge in [-0.2, -0.15) is 0 Å². The largest absolute Gasteiger partial charge is 0.573 e. The van der Waals surface area contributed by atoms with E-state index in [1.807, 2.05) is 0 Å². The molecule has 1 unspecified atom stereocenters. The molecular weight excluding hydrogens is 407 g/mol. The van der Waals surface area contributed by atoms with Crippen molar-refractivity contribution in [3.63, 3.8) is 0 Å². The number of ether oxygens (including phenoxy) is 3. The molecule has 4 rings (SSSR count). The summed E-state index contributed by atoms with van der Waals surface area (Å²) in [6.45, 7) is 0.612. The summed E-state index contributed by atoms with van der Waals surface area (Å²) in [5.74, 6) is 0.0286. The highest BCUT2D eigenvalue weighted by molar-refractivity contribution is 5.64. The number of hydrogen-bond acceptors (Lipinski definition) is 6. The van der Waals surface area contributed by atoms with Gasteiger partial charge in [-0.1, -0.05) is 24.3 Å². The minimum Gasteiger partial charge on any atom is -0.490 e. The normalized spacial score (nSPS) is 15.4. The van der Waals surface area contributed by atoms with Gasteiger partial charge in [0.2, 0.25) is 0 Å². The number of rotatable bonds is 6. The number of alkyl halides is 3. The molecule has 2 heterocycles. The molecule has 1 atom stereocenters. The Labute approximate surface area is 167 Å². The van der Waals surface area contributed by atoms with E-state index in [1.165, 1.54) is 30.5 Å². The van der Waals surface area contributed by atoms with Crippen molar-refractivity contribution >= 4 is 5.82 Å². The zero-order valence-electron chi connectivity index (χ0n) is 15.2. The number of nitro groups is 1. The molecule has 0 aliphatic carbocycles. The van der Waals surface area contributed by atoms with Crippen molar-refractivity contribution in [1.29, 1.82) is 0 Å². The quantitative estimate of drug-likeness (QED) is 0.438. The van der Waals surface area contributed by atoms with Crippen LogP contribution in [0, 0.1) is 10.1 Å². The first-order chi connectivity index (χ1) is 14.3. The van der Waals surface area contributed by atoms with Crippen molar-refractivity contribution in [2.45, 2.75) is 19.0 Å². The van der Waals surface area contributed by atoms with Crippen LogP contribution in [0.1, 0.15) is 0 Å². The molecule has 30 heavy (non-hydrogen) atoms.